The number of aliphatic carboxylic acids is 1. The lowest BCUT2D eigenvalue weighted by Crippen LogP contribution is -2.45. The molecule has 0 aliphatic heterocycles. The van der Waals surface area contributed by atoms with Crippen molar-refractivity contribution in [1.29, 1.82) is 0 Å². The Morgan fingerprint density at radius 1 is 0.757 bits per heavy atom. The van der Waals surface area contributed by atoms with Gasteiger partial charge < -0.3 is 15.2 Å². The summed E-state index contributed by atoms with van der Waals surface area (Å²) in [6, 6.07) is 28.5. The molecule has 2 N–H and O–H groups in total. The fraction of sp³-hybridized carbons (Fsp3) is 0.133. The first-order valence-electron chi connectivity index (χ1n) is 11.8. The number of hydrogen-bond acceptors (Lipinski definition) is 3. The predicted molar refractivity (Wildman–Crippen MR) is 144 cm³/mol. The second kappa shape index (κ2) is 10.7. The number of carboxylic acids is 1. The summed E-state index contributed by atoms with van der Waals surface area (Å²) >= 11 is 12.1. The van der Waals surface area contributed by atoms with Gasteiger partial charge in [-0.25, -0.2) is 9.59 Å². The van der Waals surface area contributed by atoms with E-state index in [0.29, 0.717) is 21.2 Å². The molecule has 0 heterocycles. The minimum absolute atomic E-state index is 0.0821. The molecule has 1 amide bonds. The van der Waals surface area contributed by atoms with Crippen LogP contribution in [0.15, 0.2) is 97.1 Å². The average Bonchev–Trinajstić information content (AvgIpc) is 3.22. The van der Waals surface area contributed by atoms with Crippen LogP contribution in [0.3, 0.4) is 0 Å². The molecule has 1 aliphatic carbocycles. The van der Waals surface area contributed by atoms with Crippen LogP contribution in [0.4, 0.5) is 4.79 Å². The van der Waals surface area contributed by atoms with E-state index in [2.05, 4.69) is 17.4 Å². The van der Waals surface area contributed by atoms with Crippen LogP contribution >= 0.6 is 23.2 Å². The number of nitrogens with one attached hydrogen (secondary N) is 1. The smallest absolute Gasteiger partial charge is 0.407 e. The Morgan fingerprint density at radius 2 is 1.22 bits per heavy atom. The third-order valence-corrected chi connectivity index (χ3v) is 7.18. The van der Waals surface area contributed by atoms with Gasteiger partial charge in [-0.1, -0.05) is 96.0 Å². The number of ether oxygens (including phenoxy) is 1. The summed E-state index contributed by atoms with van der Waals surface area (Å²) in [4.78, 5) is 25.4. The zero-order chi connectivity index (χ0) is 25.9. The number of rotatable bonds is 7. The summed E-state index contributed by atoms with van der Waals surface area (Å²) in [7, 11) is 0. The van der Waals surface area contributed by atoms with Crippen molar-refractivity contribution in [3.05, 3.63) is 129 Å². The number of carbonyl (C=O) groups excluding carboxylic acids is 1. The maximum Gasteiger partial charge on any atom is 0.407 e. The molecule has 0 saturated heterocycles. The second-order valence-corrected chi connectivity index (χ2v) is 9.74. The molecule has 0 aromatic heterocycles. The van der Waals surface area contributed by atoms with E-state index in [1.54, 1.807) is 48.5 Å². The standard InChI is InChI=1S/C30H23Cl2NO4/c31-20-13-9-18(10-14-20)27(19-11-15-21(32)16-12-19)28(29(34)35)33-30(36)37-17-26-24-7-3-1-5-22(24)23-6-2-4-8-25(23)26/h1-16,26-28H,17H2,(H,33,36)(H,34,35)/t28-/m0/s1. The Bertz CT molecular complexity index is 1350. The summed E-state index contributed by atoms with van der Waals surface area (Å²) in [6.07, 6.45) is -0.804. The van der Waals surface area contributed by atoms with Gasteiger partial charge in [0.2, 0.25) is 0 Å². The normalized spacial score (nSPS) is 13.1. The van der Waals surface area contributed by atoms with E-state index in [1.165, 1.54) is 0 Å². The van der Waals surface area contributed by atoms with Gasteiger partial charge in [-0.05, 0) is 57.6 Å². The molecule has 0 unspecified atom stereocenters. The van der Waals surface area contributed by atoms with Gasteiger partial charge >= 0.3 is 12.1 Å². The van der Waals surface area contributed by atoms with Crippen molar-refractivity contribution in [1.82, 2.24) is 5.32 Å². The highest BCUT2D eigenvalue weighted by Crippen LogP contribution is 2.44. The highest BCUT2D eigenvalue weighted by molar-refractivity contribution is 6.30. The number of halogens is 2. The molecule has 0 fully saturated rings. The molecule has 186 valence electrons. The van der Waals surface area contributed by atoms with Crippen LogP contribution in [0, 0.1) is 0 Å². The minimum atomic E-state index is -1.29. The second-order valence-electron chi connectivity index (χ2n) is 8.87. The summed E-state index contributed by atoms with van der Waals surface area (Å²) in [5, 5.41) is 13.8. The quantitative estimate of drug-likeness (QED) is 0.266. The van der Waals surface area contributed by atoms with E-state index in [9.17, 15) is 14.7 Å². The minimum Gasteiger partial charge on any atom is -0.480 e. The van der Waals surface area contributed by atoms with Crippen LogP contribution in [0.5, 0.6) is 0 Å². The van der Waals surface area contributed by atoms with E-state index < -0.39 is 24.0 Å². The molecule has 1 atom stereocenters. The van der Waals surface area contributed by atoms with Gasteiger partial charge in [0.25, 0.3) is 0 Å². The van der Waals surface area contributed by atoms with Crippen LogP contribution < -0.4 is 5.32 Å². The number of carboxylic acid groups (broad SMARTS) is 1. The summed E-state index contributed by atoms with van der Waals surface area (Å²) in [6.45, 7) is 0.0821. The van der Waals surface area contributed by atoms with Gasteiger partial charge in [-0.15, -0.1) is 0 Å². The van der Waals surface area contributed by atoms with Crippen LogP contribution in [-0.2, 0) is 9.53 Å². The maximum absolute atomic E-state index is 13.0. The molecule has 1 aliphatic rings. The molecule has 4 aromatic rings. The van der Waals surface area contributed by atoms with Crippen molar-refractivity contribution >= 4 is 35.3 Å². The molecule has 4 aromatic carbocycles. The highest BCUT2D eigenvalue weighted by atomic mass is 35.5. The molecule has 5 rings (SSSR count). The van der Waals surface area contributed by atoms with E-state index in [1.807, 2.05) is 36.4 Å². The van der Waals surface area contributed by atoms with Gasteiger partial charge in [-0.2, -0.15) is 0 Å². The largest absolute Gasteiger partial charge is 0.480 e. The van der Waals surface area contributed by atoms with Crippen LogP contribution in [-0.4, -0.2) is 29.8 Å². The lowest BCUT2D eigenvalue weighted by atomic mass is 9.85. The molecule has 0 saturated carbocycles. The van der Waals surface area contributed by atoms with Crippen LogP contribution in [0.25, 0.3) is 11.1 Å². The zero-order valence-electron chi connectivity index (χ0n) is 19.6. The van der Waals surface area contributed by atoms with Crippen molar-refractivity contribution in [3.8, 4) is 11.1 Å². The third kappa shape index (κ3) is 5.19. The van der Waals surface area contributed by atoms with Gasteiger partial charge in [0.1, 0.15) is 12.6 Å². The van der Waals surface area contributed by atoms with E-state index in [-0.39, 0.29) is 12.5 Å². The number of amides is 1. The molecule has 0 spiro atoms. The average molecular weight is 532 g/mol. The summed E-state index contributed by atoms with van der Waals surface area (Å²) in [5.74, 6) is -2.03. The lowest BCUT2D eigenvalue weighted by molar-refractivity contribution is -0.139. The Hall–Kier alpha value is -3.80. The topological polar surface area (TPSA) is 75.6 Å². The van der Waals surface area contributed by atoms with Crippen molar-refractivity contribution in [2.45, 2.75) is 17.9 Å². The Kier molecular flexibility index (Phi) is 7.17. The van der Waals surface area contributed by atoms with Crippen molar-refractivity contribution in [2.75, 3.05) is 6.61 Å². The highest BCUT2D eigenvalue weighted by Gasteiger charge is 2.34. The molecule has 0 radical (unpaired) electrons. The molecular weight excluding hydrogens is 509 g/mol. The van der Waals surface area contributed by atoms with E-state index in [0.717, 1.165) is 22.3 Å². The zero-order valence-corrected chi connectivity index (χ0v) is 21.1. The van der Waals surface area contributed by atoms with E-state index >= 15 is 0 Å². The van der Waals surface area contributed by atoms with Gasteiger partial charge in [0.05, 0.1) is 0 Å². The third-order valence-electron chi connectivity index (χ3n) is 6.67. The maximum atomic E-state index is 13.0. The Balaban J connectivity index is 1.38. The van der Waals surface area contributed by atoms with Gasteiger partial charge in [0, 0.05) is 21.9 Å². The molecule has 5 nitrogen and oxygen atoms in total. The van der Waals surface area contributed by atoms with E-state index in [4.69, 9.17) is 27.9 Å². The first kappa shape index (κ1) is 24.9. The SMILES string of the molecule is O=C(N[C@H](C(=O)O)C(c1ccc(Cl)cc1)c1ccc(Cl)cc1)OCC1c2ccccc2-c2ccccc21. The van der Waals surface area contributed by atoms with Crippen LogP contribution in [0.2, 0.25) is 10.0 Å². The first-order chi connectivity index (χ1) is 17.9. The number of fused-ring (bicyclic) bond motifs is 3. The van der Waals surface area contributed by atoms with Crippen LogP contribution in [0.1, 0.15) is 34.1 Å². The Labute approximate surface area is 224 Å². The number of benzene rings is 4. The summed E-state index contributed by atoms with van der Waals surface area (Å²) in [5.41, 5.74) is 5.73. The lowest BCUT2D eigenvalue weighted by Gasteiger charge is -2.26. The fourth-order valence-electron chi connectivity index (χ4n) is 4.97. The van der Waals surface area contributed by atoms with Crippen molar-refractivity contribution in [2.24, 2.45) is 0 Å². The molecule has 0 bridgehead atoms. The Morgan fingerprint density at radius 3 is 1.68 bits per heavy atom. The van der Waals surface area contributed by atoms with Gasteiger partial charge in [0.15, 0.2) is 0 Å². The summed E-state index contributed by atoms with van der Waals surface area (Å²) < 4.78 is 5.62. The van der Waals surface area contributed by atoms with Crippen molar-refractivity contribution < 1.29 is 19.4 Å². The number of carbonyl (C=O) groups is 2. The number of alkyl carbamates (subject to hydrolysis) is 1. The predicted octanol–water partition coefficient (Wildman–Crippen LogP) is 7.12. The molecule has 7 heteroatoms. The number of hydrogen-bond donors (Lipinski definition) is 2. The fourth-order valence-corrected chi connectivity index (χ4v) is 5.22. The van der Waals surface area contributed by atoms with Crippen molar-refractivity contribution in [3.63, 3.8) is 0 Å². The molecular formula is C30H23Cl2NO4. The molecule has 37 heavy (non-hydrogen) atoms. The monoisotopic (exact) mass is 531 g/mol. The van der Waals surface area contributed by atoms with Gasteiger partial charge in [-0.3, -0.25) is 0 Å². The first-order valence-corrected chi connectivity index (χ1v) is 12.5.